The lowest BCUT2D eigenvalue weighted by atomic mass is 10.2. The fourth-order valence-corrected chi connectivity index (χ4v) is 1.61. The van der Waals surface area contributed by atoms with Gasteiger partial charge >= 0.3 is 5.97 Å². The molecule has 0 aliphatic carbocycles. The summed E-state index contributed by atoms with van der Waals surface area (Å²) in [5.74, 6) is -0.253. The number of anilines is 3. The van der Waals surface area contributed by atoms with Gasteiger partial charge in [-0.05, 0) is 24.3 Å². The number of carbonyl (C=O) groups is 1. The van der Waals surface area contributed by atoms with E-state index in [2.05, 4.69) is 21.1 Å². The van der Waals surface area contributed by atoms with Crippen molar-refractivity contribution in [2.45, 2.75) is 0 Å². The molecule has 1 heterocycles. The van der Waals surface area contributed by atoms with Crippen LogP contribution >= 0.6 is 0 Å². The summed E-state index contributed by atoms with van der Waals surface area (Å²) in [6.45, 7) is 0. The lowest BCUT2D eigenvalue weighted by Gasteiger charge is -2.10. The van der Waals surface area contributed by atoms with Crippen LogP contribution in [-0.4, -0.2) is 18.1 Å². The largest absolute Gasteiger partial charge is 0.464 e. The third kappa shape index (κ3) is 2.67. The van der Waals surface area contributed by atoms with Crippen LogP contribution < -0.4 is 11.1 Å². The van der Waals surface area contributed by atoms with Crippen LogP contribution in [0.4, 0.5) is 17.2 Å². The summed E-state index contributed by atoms with van der Waals surface area (Å²) in [4.78, 5) is 15.5. The molecule has 0 bridgehead atoms. The predicted molar refractivity (Wildman–Crippen MR) is 74.4 cm³/mol. The van der Waals surface area contributed by atoms with Gasteiger partial charge in [0, 0.05) is 0 Å². The number of hydrogen-bond acceptors (Lipinski definition) is 6. The van der Waals surface area contributed by atoms with E-state index in [0.29, 0.717) is 22.8 Å². The summed E-state index contributed by atoms with van der Waals surface area (Å²) >= 11 is 0. The van der Waals surface area contributed by atoms with Crippen molar-refractivity contribution in [3.63, 3.8) is 0 Å². The summed E-state index contributed by atoms with van der Waals surface area (Å²) < 4.78 is 4.60. The Labute approximate surface area is 115 Å². The third-order valence-electron chi connectivity index (χ3n) is 2.62. The van der Waals surface area contributed by atoms with Gasteiger partial charge in [-0.25, -0.2) is 9.78 Å². The highest BCUT2D eigenvalue weighted by Crippen LogP contribution is 2.23. The van der Waals surface area contributed by atoms with E-state index in [9.17, 15) is 4.79 Å². The fraction of sp³-hybridized carbons (Fsp3) is 0.0714. The van der Waals surface area contributed by atoms with Crippen molar-refractivity contribution in [2.24, 2.45) is 0 Å². The van der Waals surface area contributed by atoms with Crippen molar-refractivity contribution in [2.75, 3.05) is 18.2 Å². The number of rotatable bonds is 3. The van der Waals surface area contributed by atoms with Crippen molar-refractivity contribution in [3.05, 3.63) is 47.7 Å². The number of esters is 1. The zero-order valence-electron chi connectivity index (χ0n) is 10.8. The lowest BCUT2D eigenvalue weighted by molar-refractivity contribution is 0.0594. The van der Waals surface area contributed by atoms with Crippen molar-refractivity contribution in [1.29, 1.82) is 5.26 Å². The van der Waals surface area contributed by atoms with Gasteiger partial charge in [0.2, 0.25) is 0 Å². The molecule has 6 nitrogen and oxygen atoms in total. The number of benzene rings is 1. The maximum atomic E-state index is 11.4. The molecule has 100 valence electrons. The van der Waals surface area contributed by atoms with Gasteiger partial charge in [0.1, 0.15) is 6.07 Å². The zero-order chi connectivity index (χ0) is 14.5. The molecule has 0 aliphatic heterocycles. The van der Waals surface area contributed by atoms with E-state index >= 15 is 0 Å². The molecule has 0 aliphatic rings. The van der Waals surface area contributed by atoms with E-state index in [1.807, 2.05) is 0 Å². The lowest BCUT2D eigenvalue weighted by Crippen LogP contribution is -2.08. The van der Waals surface area contributed by atoms with Crippen LogP contribution in [0.2, 0.25) is 0 Å². The fourth-order valence-electron chi connectivity index (χ4n) is 1.61. The van der Waals surface area contributed by atoms with Gasteiger partial charge in [0.25, 0.3) is 0 Å². The summed E-state index contributed by atoms with van der Waals surface area (Å²) in [7, 11) is 1.28. The standard InChI is InChI=1S/C14H12N4O2/c1-20-14(19)12-7-6-10(16)13(18-12)17-11-5-3-2-4-9(11)8-15/h2-7H,16H2,1H3,(H,17,18). The number of nitrogen functional groups attached to an aromatic ring is 1. The van der Waals surface area contributed by atoms with Crippen LogP contribution in [-0.2, 0) is 4.74 Å². The molecule has 0 saturated heterocycles. The second-order valence-electron chi connectivity index (χ2n) is 3.91. The second kappa shape index (κ2) is 5.71. The number of nitriles is 1. The summed E-state index contributed by atoms with van der Waals surface area (Å²) in [6.07, 6.45) is 0. The Bertz CT molecular complexity index is 692. The molecule has 0 spiro atoms. The Morgan fingerprint density at radius 1 is 1.35 bits per heavy atom. The third-order valence-corrected chi connectivity index (χ3v) is 2.62. The maximum absolute atomic E-state index is 11.4. The van der Waals surface area contributed by atoms with Gasteiger partial charge in [-0.1, -0.05) is 12.1 Å². The Morgan fingerprint density at radius 2 is 2.10 bits per heavy atom. The molecule has 3 N–H and O–H groups in total. The topological polar surface area (TPSA) is 101 Å². The normalized spacial score (nSPS) is 9.60. The molecular weight excluding hydrogens is 256 g/mol. The minimum absolute atomic E-state index is 0.138. The molecule has 0 saturated carbocycles. The van der Waals surface area contributed by atoms with Crippen LogP contribution in [0.3, 0.4) is 0 Å². The van der Waals surface area contributed by atoms with E-state index in [1.54, 1.807) is 30.3 Å². The van der Waals surface area contributed by atoms with Crippen molar-refractivity contribution in [1.82, 2.24) is 4.98 Å². The number of hydrogen-bond donors (Lipinski definition) is 2. The van der Waals surface area contributed by atoms with Crippen LogP contribution in [0, 0.1) is 11.3 Å². The van der Waals surface area contributed by atoms with Crippen molar-refractivity contribution < 1.29 is 9.53 Å². The van der Waals surface area contributed by atoms with Gasteiger partial charge < -0.3 is 15.8 Å². The molecular formula is C14H12N4O2. The van der Waals surface area contributed by atoms with Crippen LogP contribution in [0.5, 0.6) is 0 Å². The zero-order valence-corrected chi connectivity index (χ0v) is 10.8. The Kier molecular flexibility index (Phi) is 3.82. The van der Waals surface area contributed by atoms with Gasteiger partial charge in [-0.2, -0.15) is 5.26 Å². The molecule has 0 unspecified atom stereocenters. The molecule has 1 aromatic carbocycles. The average molecular weight is 268 g/mol. The highest BCUT2D eigenvalue weighted by atomic mass is 16.5. The Balaban J connectivity index is 2.38. The van der Waals surface area contributed by atoms with E-state index < -0.39 is 5.97 Å². The number of methoxy groups -OCH3 is 1. The SMILES string of the molecule is COC(=O)c1ccc(N)c(Nc2ccccc2C#N)n1. The number of ether oxygens (including phenoxy) is 1. The molecule has 0 fully saturated rings. The number of aromatic nitrogens is 1. The second-order valence-corrected chi connectivity index (χ2v) is 3.91. The van der Waals surface area contributed by atoms with Gasteiger partial charge in [-0.3, -0.25) is 0 Å². The molecule has 1 aromatic heterocycles. The molecule has 0 radical (unpaired) electrons. The number of carbonyl (C=O) groups excluding carboxylic acids is 1. The van der Waals surface area contributed by atoms with E-state index in [1.165, 1.54) is 13.2 Å². The summed E-state index contributed by atoms with van der Waals surface area (Å²) in [5.41, 5.74) is 7.34. The van der Waals surface area contributed by atoms with Crippen molar-refractivity contribution >= 4 is 23.2 Å². The van der Waals surface area contributed by atoms with Crippen LogP contribution in [0.25, 0.3) is 0 Å². The molecule has 6 heteroatoms. The first-order chi connectivity index (χ1) is 9.65. The Morgan fingerprint density at radius 3 is 2.80 bits per heavy atom. The summed E-state index contributed by atoms with van der Waals surface area (Å²) in [5, 5.41) is 12.0. The first-order valence-electron chi connectivity index (χ1n) is 5.76. The maximum Gasteiger partial charge on any atom is 0.356 e. The molecule has 0 amide bonds. The highest BCUT2D eigenvalue weighted by molar-refractivity contribution is 5.89. The smallest absolute Gasteiger partial charge is 0.356 e. The first-order valence-corrected chi connectivity index (χ1v) is 5.76. The molecule has 2 rings (SSSR count). The molecule has 0 atom stereocenters. The molecule has 2 aromatic rings. The number of pyridine rings is 1. The molecule has 20 heavy (non-hydrogen) atoms. The monoisotopic (exact) mass is 268 g/mol. The number of nitrogens with two attached hydrogens (primary N) is 1. The average Bonchev–Trinajstić information content (AvgIpc) is 2.49. The van der Waals surface area contributed by atoms with E-state index in [0.717, 1.165) is 0 Å². The number of para-hydroxylation sites is 1. The Hall–Kier alpha value is -3.07. The van der Waals surface area contributed by atoms with E-state index in [4.69, 9.17) is 11.0 Å². The summed E-state index contributed by atoms with van der Waals surface area (Å²) in [6, 6.07) is 12.0. The van der Waals surface area contributed by atoms with Crippen LogP contribution in [0.15, 0.2) is 36.4 Å². The quantitative estimate of drug-likeness (QED) is 0.826. The highest BCUT2D eigenvalue weighted by Gasteiger charge is 2.11. The minimum atomic E-state index is -0.554. The van der Waals surface area contributed by atoms with Gasteiger partial charge in [0.15, 0.2) is 11.5 Å². The van der Waals surface area contributed by atoms with Gasteiger partial charge in [0.05, 0.1) is 24.0 Å². The van der Waals surface area contributed by atoms with Crippen LogP contribution in [0.1, 0.15) is 16.1 Å². The van der Waals surface area contributed by atoms with E-state index in [-0.39, 0.29) is 5.69 Å². The predicted octanol–water partition coefficient (Wildman–Crippen LogP) is 2.07. The minimum Gasteiger partial charge on any atom is -0.464 e. The van der Waals surface area contributed by atoms with Gasteiger partial charge in [-0.15, -0.1) is 0 Å². The number of nitrogens with zero attached hydrogens (tertiary/aromatic N) is 2. The number of nitrogens with one attached hydrogen (secondary N) is 1. The first kappa shape index (κ1) is 13.4. The van der Waals surface area contributed by atoms with Crippen molar-refractivity contribution in [3.8, 4) is 6.07 Å².